The topological polar surface area (TPSA) is 57.7 Å². The molecule has 2 heterocycles. The van der Waals surface area contributed by atoms with Gasteiger partial charge in [0, 0.05) is 31.1 Å². The summed E-state index contributed by atoms with van der Waals surface area (Å²) in [4.78, 5) is 16.3. The molecule has 1 aliphatic rings. The largest absolute Gasteiger partial charge is 0.337 e. The van der Waals surface area contributed by atoms with Crippen molar-refractivity contribution in [3.8, 4) is 0 Å². The average molecular weight is 330 g/mol. The molecule has 0 atom stereocenters. The van der Waals surface area contributed by atoms with Gasteiger partial charge in [-0.05, 0) is 31.4 Å². The minimum absolute atomic E-state index is 0.0261. The first-order valence-electron chi connectivity index (χ1n) is 7.16. The van der Waals surface area contributed by atoms with Crippen molar-refractivity contribution in [2.45, 2.75) is 26.7 Å². The molecule has 5 nitrogen and oxygen atoms in total. The number of thiophene rings is 1. The van der Waals surface area contributed by atoms with Gasteiger partial charge in [0.2, 0.25) is 10.0 Å². The number of amides is 1. The molecule has 1 saturated heterocycles. The van der Waals surface area contributed by atoms with Gasteiger partial charge in [-0.2, -0.15) is 0 Å². The Labute approximate surface area is 130 Å². The summed E-state index contributed by atoms with van der Waals surface area (Å²) in [6, 6.07) is 1.97. The number of rotatable bonds is 3. The second kappa shape index (κ2) is 6.46. The Morgan fingerprint density at radius 2 is 2.00 bits per heavy atom. The lowest BCUT2D eigenvalue weighted by molar-refractivity contribution is 0.0769. The Balaban J connectivity index is 2.09. The van der Waals surface area contributed by atoms with E-state index in [4.69, 9.17) is 0 Å². The number of carbonyl (C=O) groups excluding carboxylic acids is 1. The number of sulfonamides is 1. The second-order valence-corrected chi connectivity index (χ2v) is 8.59. The molecule has 0 unspecified atom stereocenters. The predicted molar refractivity (Wildman–Crippen MR) is 85.4 cm³/mol. The molecule has 7 heteroatoms. The number of hydrogen-bond donors (Lipinski definition) is 0. The summed E-state index contributed by atoms with van der Waals surface area (Å²) in [7, 11) is -3.17. The molecule has 0 bridgehead atoms. The van der Waals surface area contributed by atoms with Gasteiger partial charge in [0.05, 0.1) is 11.1 Å². The van der Waals surface area contributed by atoms with Crippen LogP contribution >= 0.6 is 11.3 Å². The zero-order valence-corrected chi connectivity index (χ0v) is 14.4. The molecule has 2 rings (SSSR count). The van der Waals surface area contributed by atoms with Gasteiger partial charge in [-0.25, -0.2) is 12.7 Å². The predicted octanol–water partition coefficient (Wildman–Crippen LogP) is 1.73. The van der Waals surface area contributed by atoms with Gasteiger partial charge in [0.15, 0.2) is 0 Å². The Hall–Kier alpha value is -0.920. The van der Waals surface area contributed by atoms with Crippen molar-refractivity contribution in [3.63, 3.8) is 0 Å². The van der Waals surface area contributed by atoms with Gasteiger partial charge < -0.3 is 4.90 Å². The van der Waals surface area contributed by atoms with Gasteiger partial charge in [-0.15, -0.1) is 11.3 Å². The Morgan fingerprint density at radius 3 is 2.57 bits per heavy atom. The molecular weight excluding hydrogens is 308 g/mol. The summed E-state index contributed by atoms with van der Waals surface area (Å²) >= 11 is 1.53. The number of hydrogen-bond acceptors (Lipinski definition) is 4. The van der Waals surface area contributed by atoms with Crippen LogP contribution in [0, 0.1) is 6.92 Å². The van der Waals surface area contributed by atoms with Crippen LogP contribution in [0.1, 0.15) is 33.5 Å². The van der Waals surface area contributed by atoms with Gasteiger partial charge >= 0.3 is 0 Å². The lowest BCUT2D eigenvalue weighted by atomic mass is 10.2. The Kier molecular flexibility index (Phi) is 5.06. The van der Waals surface area contributed by atoms with Gasteiger partial charge in [0.1, 0.15) is 0 Å². The van der Waals surface area contributed by atoms with E-state index in [-0.39, 0.29) is 5.91 Å². The molecule has 1 fully saturated rings. The summed E-state index contributed by atoms with van der Waals surface area (Å²) in [5.41, 5.74) is 1.22. The smallest absolute Gasteiger partial charge is 0.263 e. The van der Waals surface area contributed by atoms with Crippen molar-refractivity contribution < 1.29 is 13.2 Å². The molecule has 1 aromatic rings. The molecule has 1 aromatic heterocycles. The highest BCUT2D eigenvalue weighted by Gasteiger charge is 2.25. The second-order valence-electron chi connectivity index (χ2n) is 5.35. The number of nitrogens with zero attached hydrogens (tertiary/aromatic N) is 2. The van der Waals surface area contributed by atoms with E-state index in [0.717, 1.165) is 11.3 Å². The van der Waals surface area contributed by atoms with Crippen molar-refractivity contribution in [1.29, 1.82) is 0 Å². The van der Waals surface area contributed by atoms with Crippen LogP contribution in [0.2, 0.25) is 0 Å². The Bertz CT molecular complexity index is 622. The average Bonchev–Trinajstić information content (AvgIpc) is 2.63. The SMILES string of the molecule is CCc1cc(C(=O)N2CCCN(S(C)(=O)=O)CC2)sc1C. The minimum Gasteiger partial charge on any atom is -0.337 e. The first-order chi connectivity index (χ1) is 9.82. The van der Waals surface area contributed by atoms with E-state index >= 15 is 0 Å². The molecule has 0 spiro atoms. The molecule has 0 saturated carbocycles. The lowest BCUT2D eigenvalue weighted by Crippen LogP contribution is -2.36. The molecule has 0 radical (unpaired) electrons. The molecule has 0 aromatic carbocycles. The standard InChI is InChI=1S/C14H22N2O3S2/c1-4-12-10-13(20-11(12)2)14(17)15-6-5-7-16(9-8-15)21(3,18)19/h10H,4-9H2,1-3H3. The van der Waals surface area contributed by atoms with Crippen LogP contribution in [-0.4, -0.2) is 56.0 Å². The third kappa shape index (κ3) is 3.84. The maximum absolute atomic E-state index is 12.6. The molecule has 118 valence electrons. The van der Waals surface area contributed by atoms with E-state index in [1.807, 2.05) is 13.0 Å². The zero-order valence-electron chi connectivity index (χ0n) is 12.8. The normalized spacial score (nSPS) is 17.8. The van der Waals surface area contributed by atoms with E-state index in [1.54, 1.807) is 4.90 Å². The molecule has 1 aliphatic heterocycles. The van der Waals surface area contributed by atoms with E-state index in [2.05, 4.69) is 6.92 Å². The first kappa shape index (κ1) is 16.5. The summed E-state index contributed by atoms with van der Waals surface area (Å²) in [5, 5.41) is 0. The van der Waals surface area contributed by atoms with Crippen molar-refractivity contribution in [1.82, 2.24) is 9.21 Å². The molecule has 0 N–H and O–H groups in total. The fourth-order valence-electron chi connectivity index (χ4n) is 2.56. The van der Waals surface area contributed by atoms with Crippen LogP contribution in [0.4, 0.5) is 0 Å². The van der Waals surface area contributed by atoms with Crippen LogP contribution in [0.25, 0.3) is 0 Å². The van der Waals surface area contributed by atoms with E-state index in [9.17, 15) is 13.2 Å². The summed E-state index contributed by atoms with van der Waals surface area (Å²) < 4.78 is 24.6. The van der Waals surface area contributed by atoms with Crippen molar-refractivity contribution >= 4 is 27.3 Å². The quantitative estimate of drug-likeness (QED) is 0.848. The Morgan fingerprint density at radius 1 is 1.29 bits per heavy atom. The fraction of sp³-hybridized carbons (Fsp3) is 0.643. The van der Waals surface area contributed by atoms with Crippen LogP contribution in [0.15, 0.2) is 6.07 Å². The highest BCUT2D eigenvalue weighted by molar-refractivity contribution is 7.88. The van der Waals surface area contributed by atoms with E-state index in [0.29, 0.717) is 32.6 Å². The van der Waals surface area contributed by atoms with Crippen LogP contribution < -0.4 is 0 Å². The van der Waals surface area contributed by atoms with Gasteiger partial charge in [-0.1, -0.05) is 6.92 Å². The molecule has 1 amide bonds. The molecule has 21 heavy (non-hydrogen) atoms. The van der Waals surface area contributed by atoms with Gasteiger partial charge in [0.25, 0.3) is 5.91 Å². The third-order valence-corrected chi connectivity index (χ3v) is 6.21. The molecule has 0 aliphatic carbocycles. The number of aryl methyl sites for hydroxylation is 2. The summed E-state index contributed by atoms with van der Waals surface area (Å²) in [5.74, 6) is 0.0261. The maximum Gasteiger partial charge on any atom is 0.263 e. The van der Waals surface area contributed by atoms with Crippen LogP contribution in [0.3, 0.4) is 0 Å². The molecular formula is C14H22N2O3S2. The fourth-order valence-corrected chi connectivity index (χ4v) is 4.52. The van der Waals surface area contributed by atoms with Crippen molar-refractivity contribution in [3.05, 3.63) is 21.4 Å². The summed E-state index contributed by atoms with van der Waals surface area (Å²) in [6.07, 6.45) is 2.84. The highest BCUT2D eigenvalue weighted by atomic mass is 32.2. The van der Waals surface area contributed by atoms with Crippen molar-refractivity contribution in [2.75, 3.05) is 32.4 Å². The van der Waals surface area contributed by atoms with Crippen LogP contribution in [0.5, 0.6) is 0 Å². The zero-order chi connectivity index (χ0) is 15.6. The number of carbonyl (C=O) groups is 1. The van der Waals surface area contributed by atoms with Crippen molar-refractivity contribution in [2.24, 2.45) is 0 Å². The monoisotopic (exact) mass is 330 g/mol. The maximum atomic E-state index is 12.6. The highest BCUT2D eigenvalue weighted by Crippen LogP contribution is 2.24. The van der Waals surface area contributed by atoms with E-state index in [1.165, 1.54) is 32.3 Å². The van der Waals surface area contributed by atoms with Crippen LogP contribution in [-0.2, 0) is 16.4 Å². The summed E-state index contributed by atoms with van der Waals surface area (Å²) in [6.45, 7) is 6.07. The first-order valence-corrected chi connectivity index (χ1v) is 9.83. The third-order valence-electron chi connectivity index (χ3n) is 3.82. The van der Waals surface area contributed by atoms with Gasteiger partial charge in [-0.3, -0.25) is 4.79 Å². The lowest BCUT2D eigenvalue weighted by Gasteiger charge is -2.20. The minimum atomic E-state index is -3.17. The van der Waals surface area contributed by atoms with E-state index < -0.39 is 10.0 Å².